The van der Waals surface area contributed by atoms with Gasteiger partial charge in [0.1, 0.15) is 12.2 Å². The molecule has 27 heavy (non-hydrogen) atoms. The molecular formula is C22H44O4S. The quantitative estimate of drug-likeness (QED) is 0.300. The Morgan fingerprint density at radius 3 is 1.78 bits per heavy atom. The Kier molecular flexibility index (Phi) is 16.0. The number of hydrogen-bond donors (Lipinski definition) is 0. The van der Waals surface area contributed by atoms with Crippen LogP contribution in [0.3, 0.4) is 0 Å². The molecule has 0 N–H and O–H groups in total. The Morgan fingerprint density at radius 1 is 0.667 bits per heavy atom. The Balaban J connectivity index is 2.72. The first-order chi connectivity index (χ1) is 13.3. The number of hydrogen-bond acceptors (Lipinski definition) is 5. The number of rotatable bonds is 17. The summed E-state index contributed by atoms with van der Waals surface area (Å²) in [5.74, 6) is 0.968. The van der Waals surface area contributed by atoms with Gasteiger partial charge in [0.15, 0.2) is 0 Å². The fourth-order valence-electron chi connectivity index (χ4n) is 3.07. The average molecular weight is 405 g/mol. The summed E-state index contributed by atoms with van der Waals surface area (Å²) < 4.78 is 24.9. The summed E-state index contributed by atoms with van der Waals surface area (Å²) in [5.41, 5.74) is 0. The second-order valence-electron chi connectivity index (χ2n) is 7.44. The lowest BCUT2D eigenvalue weighted by Gasteiger charge is -2.42. The molecule has 0 amide bonds. The first kappa shape index (κ1) is 25.2. The second-order valence-corrected chi connectivity index (χ2v) is 8.71. The van der Waals surface area contributed by atoms with Crippen molar-refractivity contribution < 1.29 is 18.9 Å². The van der Waals surface area contributed by atoms with Crippen LogP contribution in [0.25, 0.3) is 0 Å². The van der Waals surface area contributed by atoms with E-state index in [-0.39, 0.29) is 18.3 Å². The highest BCUT2D eigenvalue weighted by Crippen LogP contribution is 2.33. The van der Waals surface area contributed by atoms with Crippen molar-refractivity contribution in [3.63, 3.8) is 0 Å². The Bertz CT molecular complexity index is 329. The van der Waals surface area contributed by atoms with Gasteiger partial charge in [-0.25, -0.2) is 0 Å². The highest BCUT2D eigenvalue weighted by atomic mass is 32.2. The van der Waals surface area contributed by atoms with Gasteiger partial charge < -0.3 is 18.9 Å². The van der Waals surface area contributed by atoms with Gasteiger partial charge in [-0.2, -0.15) is 11.8 Å². The molecule has 1 heterocycles. The van der Waals surface area contributed by atoms with Crippen LogP contribution in [-0.4, -0.2) is 62.3 Å². The molecule has 0 radical (unpaired) electrons. The van der Waals surface area contributed by atoms with Crippen molar-refractivity contribution in [2.75, 3.05) is 38.8 Å². The zero-order valence-corrected chi connectivity index (χ0v) is 19.1. The molecule has 1 aliphatic heterocycles. The predicted molar refractivity (Wildman–Crippen MR) is 116 cm³/mol. The molecule has 1 aliphatic rings. The zero-order valence-electron chi connectivity index (χ0n) is 18.3. The molecule has 0 aromatic rings. The van der Waals surface area contributed by atoms with Crippen LogP contribution in [0.1, 0.15) is 79.1 Å². The van der Waals surface area contributed by atoms with E-state index in [1.54, 1.807) is 0 Å². The SMILES string of the molecule is CCCCOC[C@H]1SC[C@H](OCCCC)[C@@H](OCCCC)[C@@H]1OCCCC. The van der Waals surface area contributed by atoms with E-state index in [0.717, 1.165) is 83.7 Å². The van der Waals surface area contributed by atoms with Crippen LogP contribution in [0.4, 0.5) is 0 Å². The minimum atomic E-state index is 0.0197. The fraction of sp³-hybridized carbons (Fsp3) is 1.00. The lowest BCUT2D eigenvalue weighted by atomic mass is 10.0. The maximum absolute atomic E-state index is 6.37. The van der Waals surface area contributed by atoms with Gasteiger partial charge in [-0.3, -0.25) is 0 Å². The van der Waals surface area contributed by atoms with E-state index >= 15 is 0 Å². The summed E-state index contributed by atoms with van der Waals surface area (Å²) in [6.45, 7) is 12.8. The number of ether oxygens (including phenoxy) is 4. The Morgan fingerprint density at radius 2 is 1.19 bits per heavy atom. The third-order valence-corrected chi connectivity index (χ3v) is 6.26. The molecule has 0 unspecified atom stereocenters. The first-order valence-corrected chi connectivity index (χ1v) is 12.4. The van der Waals surface area contributed by atoms with Crippen molar-refractivity contribution >= 4 is 11.8 Å². The summed E-state index contributed by atoms with van der Waals surface area (Å²) in [5, 5.41) is 0.330. The highest BCUT2D eigenvalue weighted by Gasteiger charge is 2.42. The van der Waals surface area contributed by atoms with E-state index in [0.29, 0.717) is 5.25 Å². The van der Waals surface area contributed by atoms with E-state index in [2.05, 4.69) is 27.7 Å². The smallest absolute Gasteiger partial charge is 0.112 e. The maximum atomic E-state index is 6.37. The molecule has 1 rings (SSSR count). The predicted octanol–water partition coefficient (Wildman–Crippen LogP) is 5.47. The van der Waals surface area contributed by atoms with Gasteiger partial charge >= 0.3 is 0 Å². The van der Waals surface area contributed by atoms with Crippen LogP contribution in [-0.2, 0) is 18.9 Å². The first-order valence-electron chi connectivity index (χ1n) is 11.3. The molecule has 0 bridgehead atoms. The lowest BCUT2D eigenvalue weighted by Crippen LogP contribution is -2.54. The number of thioether (sulfide) groups is 1. The van der Waals surface area contributed by atoms with Gasteiger partial charge in [0.05, 0.1) is 18.0 Å². The number of unbranched alkanes of at least 4 members (excludes halogenated alkanes) is 4. The van der Waals surface area contributed by atoms with Crippen molar-refractivity contribution in [3.8, 4) is 0 Å². The molecule has 0 aromatic carbocycles. The monoisotopic (exact) mass is 404 g/mol. The fourth-order valence-corrected chi connectivity index (χ4v) is 4.41. The third-order valence-electron chi connectivity index (χ3n) is 4.90. The van der Waals surface area contributed by atoms with Gasteiger partial charge in [-0.1, -0.05) is 53.4 Å². The standard InChI is InChI=1S/C22H44O4S/c1-5-9-13-23-17-20-22(26-16-12-8-4)21(25-15-11-7-3)19(18-27-20)24-14-10-6-2/h19-22H,5-18H2,1-4H3/t19-,20+,21+,22+/m0/s1. The van der Waals surface area contributed by atoms with Gasteiger partial charge in [-0.15, -0.1) is 0 Å². The molecular weight excluding hydrogens is 360 g/mol. The van der Waals surface area contributed by atoms with Crippen LogP contribution in [0.15, 0.2) is 0 Å². The van der Waals surface area contributed by atoms with Crippen molar-refractivity contribution in [1.82, 2.24) is 0 Å². The van der Waals surface area contributed by atoms with Crippen LogP contribution in [0.5, 0.6) is 0 Å². The minimum absolute atomic E-state index is 0.0197. The van der Waals surface area contributed by atoms with Crippen LogP contribution >= 0.6 is 11.8 Å². The van der Waals surface area contributed by atoms with E-state index in [9.17, 15) is 0 Å². The van der Waals surface area contributed by atoms with E-state index in [1.165, 1.54) is 6.42 Å². The molecule has 0 aromatic heterocycles. The van der Waals surface area contributed by atoms with Crippen LogP contribution in [0, 0.1) is 0 Å². The molecule has 1 fully saturated rings. The minimum Gasteiger partial charge on any atom is -0.380 e. The van der Waals surface area contributed by atoms with Gasteiger partial charge in [0, 0.05) is 32.2 Å². The zero-order chi connectivity index (χ0) is 19.7. The summed E-state index contributed by atoms with van der Waals surface area (Å²) in [6, 6.07) is 0. The van der Waals surface area contributed by atoms with Gasteiger partial charge in [0.2, 0.25) is 0 Å². The molecule has 162 valence electrons. The highest BCUT2D eigenvalue weighted by molar-refractivity contribution is 8.00. The topological polar surface area (TPSA) is 36.9 Å². The van der Waals surface area contributed by atoms with Crippen LogP contribution < -0.4 is 0 Å². The van der Waals surface area contributed by atoms with Gasteiger partial charge in [-0.05, 0) is 25.7 Å². The maximum Gasteiger partial charge on any atom is 0.112 e. The molecule has 0 aliphatic carbocycles. The summed E-state index contributed by atoms with van der Waals surface area (Å²) in [7, 11) is 0. The Labute approximate surface area is 172 Å². The van der Waals surface area contributed by atoms with Crippen molar-refractivity contribution in [1.29, 1.82) is 0 Å². The normalized spacial score (nSPS) is 25.8. The second kappa shape index (κ2) is 17.1. The Hall–Kier alpha value is 0.190. The third kappa shape index (κ3) is 10.5. The van der Waals surface area contributed by atoms with Gasteiger partial charge in [0.25, 0.3) is 0 Å². The van der Waals surface area contributed by atoms with E-state index in [4.69, 9.17) is 18.9 Å². The molecule has 0 saturated carbocycles. The summed E-state index contributed by atoms with van der Waals surface area (Å²) >= 11 is 1.94. The van der Waals surface area contributed by atoms with Crippen molar-refractivity contribution in [3.05, 3.63) is 0 Å². The molecule has 4 nitrogen and oxygen atoms in total. The summed E-state index contributed by atoms with van der Waals surface area (Å²) in [6.07, 6.45) is 9.23. The molecule has 1 saturated heterocycles. The molecule has 5 heteroatoms. The van der Waals surface area contributed by atoms with E-state index < -0.39 is 0 Å². The van der Waals surface area contributed by atoms with Crippen LogP contribution in [0.2, 0.25) is 0 Å². The van der Waals surface area contributed by atoms with Crippen molar-refractivity contribution in [2.24, 2.45) is 0 Å². The van der Waals surface area contributed by atoms with Crippen molar-refractivity contribution in [2.45, 2.75) is 103 Å². The molecule has 0 spiro atoms. The average Bonchev–Trinajstić information content (AvgIpc) is 2.68. The van der Waals surface area contributed by atoms with E-state index in [1.807, 2.05) is 11.8 Å². The largest absolute Gasteiger partial charge is 0.380 e. The lowest BCUT2D eigenvalue weighted by molar-refractivity contribution is -0.141. The summed E-state index contributed by atoms with van der Waals surface area (Å²) in [4.78, 5) is 0. The molecule has 4 atom stereocenters.